The van der Waals surface area contributed by atoms with Crippen LogP contribution in [0.3, 0.4) is 0 Å². The Kier molecular flexibility index (Phi) is 4.54. The molecule has 0 bridgehead atoms. The molecule has 1 aromatic rings. The standard InChI is InChI=1S/C13H18BrFN2/c1-17(9-12-3-2-6-16-12)8-10-7-11(14)4-5-13(10)15/h4-5,7,12,16H,2-3,6,8-9H2,1H3. The van der Waals surface area contributed by atoms with Crippen LogP contribution in [0.2, 0.25) is 0 Å². The summed E-state index contributed by atoms with van der Waals surface area (Å²) in [5, 5.41) is 3.45. The van der Waals surface area contributed by atoms with Crippen molar-refractivity contribution in [3.8, 4) is 0 Å². The van der Waals surface area contributed by atoms with Gasteiger partial charge in [-0.2, -0.15) is 0 Å². The van der Waals surface area contributed by atoms with Crippen LogP contribution in [-0.4, -0.2) is 31.1 Å². The number of benzene rings is 1. The molecule has 1 fully saturated rings. The van der Waals surface area contributed by atoms with E-state index < -0.39 is 0 Å². The third-order valence-electron chi connectivity index (χ3n) is 3.14. The highest BCUT2D eigenvalue weighted by molar-refractivity contribution is 9.10. The Labute approximate surface area is 110 Å². The molecule has 1 unspecified atom stereocenters. The van der Waals surface area contributed by atoms with Gasteiger partial charge in [-0.15, -0.1) is 0 Å². The predicted molar refractivity (Wildman–Crippen MR) is 71.5 cm³/mol. The molecule has 94 valence electrons. The molecule has 1 aromatic carbocycles. The molecule has 17 heavy (non-hydrogen) atoms. The molecule has 2 nitrogen and oxygen atoms in total. The zero-order chi connectivity index (χ0) is 12.3. The van der Waals surface area contributed by atoms with Crippen molar-refractivity contribution >= 4 is 15.9 Å². The second-order valence-electron chi connectivity index (χ2n) is 4.73. The highest BCUT2D eigenvalue weighted by atomic mass is 79.9. The molecule has 0 amide bonds. The summed E-state index contributed by atoms with van der Waals surface area (Å²) in [5.41, 5.74) is 0.750. The third-order valence-corrected chi connectivity index (χ3v) is 3.64. The Morgan fingerprint density at radius 2 is 2.35 bits per heavy atom. The van der Waals surface area contributed by atoms with Gasteiger partial charge in [-0.05, 0) is 44.6 Å². The first-order chi connectivity index (χ1) is 8.15. The average Bonchev–Trinajstić information content (AvgIpc) is 2.76. The van der Waals surface area contributed by atoms with E-state index in [0.29, 0.717) is 12.6 Å². The van der Waals surface area contributed by atoms with E-state index in [2.05, 4.69) is 26.1 Å². The topological polar surface area (TPSA) is 15.3 Å². The van der Waals surface area contributed by atoms with E-state index >= 15 is 0 Å². The van der Waals surface area contributed by atoms with Crippen molar-refractivity contribution in [2.24, 2.45) is 0 Å². The van der Waals surface area contributed by atoms with Crippen LogP contribution in [0.1, 0.15) is 18.4 Å². The maximum absolute atomic E-state index is 13.6. The van der Waals surface area contributed by atoms with Crippen molar-refractivity contribution in [2.75, 3.05) is 20.1 Å². The van der Waals surface area contributed by atoms with E-state index in [4.69, 9.17) is 0 Å². The number of hydrogen-bond acceptors (Lipinski definition) is 2. The lowest BCUT2D eigenvalue weighted by atomic mass is 10.1. The van der Waals surface area contributed by atoms with E-state index in [1.54, 1.807) is 6.07 Å². The monoisotopic (exact) mass is 300 g/mol. The summed E-state index contributed by atoms with van der Waals surface area (Å²) in [6, 6.07) is 5.67. The van der Waals surface area contributed by atoms with Gasteiger partial charge in [0.15, 0.2) is 0 Å². The van der Waals surface area contributed by atoms with Gasteiger partial charge in [0, 0.05) is 29.2 Å². The maximum atomic E-state index is 13.6. The van der Waals surface area contributed by atoms with Crippen molar-refractivity contribution in [3.63, 3.8) is 0 Å². The Bertz CT molecular complexity index is 378. The first kappa shape index (κ1) is 13.0. The summed E-state index contributed by atoms with van der Waals surface area (Å²) in [4.78, 5) is 2.17. The van der Waals surface area contributed by atoms with Crippen LogP contribution in [0.25, 0.3) is 0 Å². The minimum Gasteiger partial charge on any atom is -0.313 e. The summed E-state index contributed by atoms with van der Waals surface area (Å²) in [7, 11) is 2.04. The summed E-state index contributed by atoms with van der Waals surface area (Å²) in [6.07, 6.45) is 2.48. The lowest BCUT2D eigenvalue weighted by molar-refractivity contribution is 0.289. The molecule has 0 spiro atoms. The smallest absolute Gasteiger partial charge is 0.127 e. The zero-order valence-corrected chi connectivity index (χ0v) is 11.6. The molecule has 1 aliphatic rings. The van der Waals surface area contributed by atoms with Gasteiger partial charge in [0.2, 0.25) is 0 Å². The van der Waals surface area contributed by atoms with E-state index in [9.17, 15) is 4.39 Å². The Balaban J connectivity index is 1.92. The molecule has 1 N–H and O–H groups in total. The minimum absolute atomic E-state index is 0.126. The van der Waals surface area contributed by atoms with Crippen molar-refractivity contribution < 1.29 is 4.39 Å². The second-order valence-corrected chi connectivity index (χ2v) is 5.64. The first-order valence-corrected chi connectivity index (χ1v) is 6.80. The summed E-state index contributed by atoms with van der Waals surface area (Å²) in [6.45, 7) is 2.75. The minimum atomic E-state index is -0.126. The van der Waals surface area contributed by atoms with Crippen molar-refractivity contribution in [1.29, 1.82) is 0 Å². The fourth-order valence-electron chi connectivity index (χ4n) is 2.31. The predicted octanol–water partition coefficient (Wildman–Crippen LogP) is 2.77. The van der Waals surface area contributed by atoms with Gasteiger partial charge < -0.3 is 10.2 Å². The number of likely N-dealkylation sites (N-methyl/N-ethyl adjacent to an activating group) is 1. The van der Waals surface area contributed by atoms with Crippen LogP contribution in [0, 0.1) is 5.82 Å². The number of halogens is 2. The molecule has 1 saturated heterocycles. The maximum Gasteiger partial charge on any atom is 0.127 e. The van der Waals surface area contributed by atoms with Gasteiger partial charge in [-0.3, -0.25) is 0 Å². The van der Waals surface area contributed by atoms with Crippen molar-refractivity contribution in [3.05, 3.63) is 34.1 Å². The Morgan fingerprint density at radius 3 is 3.06 bits per heavy atom. The number of rotatable bonds is 4. The highest BCUT2D eigenvalue weighted by Gasteiger charge is 2.16. The number of nitrogens with zero attached hydrogens (tertiary/aromatic N) is 1. The fourth-order valence-corrected chi connectivity index (χ4v) is 2.72. The van der Waals surface area contributed by atoms with Gasteiger partial charge in [-0.25, -0.2) is 4.39 Å². The quantitative estimate of drug-likeness (QED) is 0.920. The Hall–Kier alpha value is -0.450. The molecule has 1 atom stereocenters. The largest absolute Gasteiger partial charge is 0.313 e. The van der Waals surface area contributed by atoms with Crippen LogP contribution < -0.4 is 5.32 Å². The van der Waals surface area contributed by atoms with Crippen molar-refractivity contribution in [1.82, 2.24) is 10.2 Å². The van der Waals surface area contributed by atoms with Gasteiger partial charge in [0.05, 0.1) is 0 Å². The number of nitrogens with one attached hydrogen (secondary N) is 1. The normalized spacial score (nSPS) is 20.1. The lowest BCUT2D eigenvalue weighted by Crippen LogP contribution is -2.35. The average molecular weight is 301 g/mol. The number of hydrogen-bond donors (Lipinski definition) is 1. The first-order valence-electron chi connectivity index (χ1n) is 6.01. The van der Waals surface area contributed by atoms with Crippen LogP contribution in [0.4, 0.5) is 4.39 Å². The van der Waals surface area contributed by atoms with E-state index in [-0.39, 0.29) is 5.82 Å². The Morgan fingerprint density at radius 1 is 1.53 bits per heavy atom. The lowest BCUT2D eigenvalue weighted by Gasteiger charge is -2.21. The molecule has 0 aromatic heterocycles. The molecule has 0 radical (unpaired) electrons. The van der Waals surface area contributed by atoms with E-state index in [1.807, 2.05) is 13.1 Å². The molecule has 0 aliphatic carbocycles. The molecule has 0 saturated carbocycles. The summed E-state index contributed by atoms with van der Waals surface area (Å²) >= 11 is 3.38. The van der Waals surface area contributed by atoms with Gasteiger partial charge in [0.1, 0.15) is 5.82 Å². The third kappa shape index (κ3) is 3.76. The van der Waals surface area contributed by atoms with E-state index in [0.717, 1.165) is 23.1 Å². The SMILES string of the molecule is CN(Cc1cc(Br)ccc1F)CC1CCCN1. The summed E-state index contributed by atoms with van der Waals surface area (Å²) in [5.74, 6) is -0.126. The van der Waals surface area contributed by atoms with Gasteiger partial charge in [0.25, 0.3) is 0 Å². The zero-order valence-electron chi connectivity index (χ0n) is 10.0. The van der Waals surface area contributed by atoms with Gasteiger partial charge in [-0.1, -0.05) is 15.9 Å². The van der Waals surface area contributed by atoms with Crippen LogP contribution in [0.5, 0.6) is 0 Å². The second kappa shape index (κ2) is 5.94. The van der Waals surface area contributed by atoms with Crippen LogP contribution in [0.15, 0.2) is 22.7 Å². The molecular formula is C13H18BrFN2. The highest BCUT2D eigenvalue weighted by Crippen LogP contribution is 2.17. The van der Waals surface area contributed by atoms with Crippen LogP contribution in [-0.2, 0) is 6.54 Å². The molecule has 4 heteroatoms. The molecule has 2 rings (SSSR count). The van der Waals surface area contributed by atoms with E-state index in [1.165, 1.54) is 18.9 Å². The molecule has 1 aliphatic heterocycles. The molecular weight excluding hydrogens is 283 g/mol. The molecule has 1 heterocycles. The van der Waals surface area contributed by atoms with Crippen LogP contribution >= 0.6 is 15.9 Å². The summed E-state index contributed by atoms with van der Waals surface area (Å²) < 4.78 is 14.5. The van der Waals surface area contributed by atoms with Crippen molar-refractivity contribution in [2.45, 2.75) is 25.4 Å². The fraction of sp³-hybridized carbons (Fsp3) is 0.538. The van der Waals surface area contributed by atoms with Gasteiger partial charge >= 0.3 is 0 Å².